The van der Waals surface area contributed by atoms with Gasteiger partial charge in [0.1, 0.15) is 6.33 Å². The number of unbranched alkanes of at least 4 members (excludes halogenated alkanes) is 8. The van der Waals surface area contributed by atoms with Crippen molar-refractivity contribution in [1.82, 2.24) is 20.2 Å². The first kappa shape index (κ1) is 26.6. The molecule has 0 amide bonds. The number of nitrogens with zero attached hydrogens (tertiary/aromatic N) is 3. The normalized spacial score (nSPS) is 12.2. The van der Waals surface area contributed by atoms with Crippen molar-refractivity contribution < 1.29 is 0 Å². The van der Waals surface area contributed by atoms with Crippen molar-refractivity contribution in [3.63, 3.8) is 0 Å². The van der Waals surface area contributed by atoms with Crippen LogP contribution in [-0.4, -0.2) is 25.2 Å². The van der Waals surface area contributed by atoms with Crippen molar-refractivity contribution in [2.45, 2.75) is 101 Å². The zero-order valence-electron chi connectivity index (χ0n) is 20.7. The van der Waals surface area contributed by atoms with Gasteiger partial charge in [0.2, 0.25) is 5.16 Å². The van der Waals surface area contributed by atoms with Crippen LogP contribution in [0.2, 0.25) is 0 Å². The lowest BCUT2D eigenvalue weighted by Gasteiger charge is -2.22. The zero-order valence-corrected chi connectivity index (χ0v) is 22.3. The summed E-state index contributed by atoms with van der Waals surface area (Å²) in [4.78, 5) is 10.9. The molecule has 0 saturated heterocycles. The van der Waals surface area contributed by atoms with Crippen LogP contribution in [0.4, 0.5) is 5.69 Å². The second-order valence-corrected chi connectivity index (χ2v) is 10.4. The van der Waals surface area contributed by atoms with Crippen LogP contribution in [0.5, 0.6) is 0 Å². The summed E-state index contributed by atoms with van der Waals surface area (Å²) in [5.74, 6) is 0.409. The summed E-state index contributed by atoms with van der Waals surface area (Å²) in [6.07, 6.45) is 18.7. The Labute approximate surface area is 214 Å². The van der Waals surface area contributed by atoms with Gasteiger partial charge in [-0.15, -0.1) is 5.10 Å². The van der Waals surface area contributed by atoms with E-state index in [4.69, 9.17) is 12.2 Å². The van der Waals surface area contributed by atoms with E-state index in [0.717, 1.165) is 39.3 Å². The minimum absolute atomic E-state index is 0.409. The van der Waals surface area contributed by atoms with E-state index >= 15 is 0 Å². The maximum Gasteiger partial charge on any atom is 0.213 e. The molecule has 5 nitrogen and oxygen atoms in total. The molecule has 184 valence electrons. The highest BCUT2D eigenvalue weighted by Gasteiger charge is 2.18. The zero-order chi connectivity index (χ0) is 24.0. The fourth-order valence-electron chi connectivity index (χ4n) is 4.31. The van der Waals surface area contributed by atoms with E-state index in [1.807, 2.05) is 12.3 Å². The van der Waals surface area contributed by atoms with Gasteiger partial charge in [0.05, 0.1) is 16.2 Å². The highest BCUT2D eigenvalue weighted by molar-refractivity contribution is 7.99. The van der Waals surface area contributed by atoms with E-state index in [2.05, 4.69) is 57.5 Å². The fourth-order valence-corrected chi connectivity index (χ4v) is 5.45. The summed E-state index contributed by atoms with van der Waals surface area (Å²) >= 11 is 7.59. The molecule has 0 spiro atoms. The SMILES string of the molecule is CCCCCCCCC(CCCCCC)C(=S)Nc1c(Sc2nc[nH]n2)ccc2ncccc12. The van der Waals surface area contributed by atoms with E-state index in [9.17, 15) is 0 Å². The summed E-state index contributed by atoms with van der Waals surface area (Å²) in [6.45, 7) is 4.54. The van der Waals surface area contributed by atoms with Crippen LogP contribution in [0.1, 0.15) is 90.9 Å². The molecule has 0 fully saturated rings. The Morgan fingerprint density at radius 3 is 2.35 bits per heavy atom. The maximum absolute atomic E-state index is 6.05. The minimum Gasteiger partial charge on any atom is -0.348 e. The van der Waals surface area contributed by atoms with Gasteiger partial charge in [-0.25, -0.2) is 4.98 Å². The van der Waals surface area contributed by atoms with Gasteiger partial charge in [-0.3, -0.25) is 10.1 Å². The van der Waals surface area contributed by atoms with Gasteiger partial charge in [-0.05, 0) is 48.9 Å². The van der Waals surface area contributed by atoms with E-state index in [0.29, 0.717) is 11.1 Å². The van der Waals surface area contributed by atoms with Gasteiger partial charge in [-0.2, -0.15) is 0 Å². The van der Waals surface area contributed by atoms with Crippen LogP contribution in [0.3, 0.4) is 0 Å². The molecule has 0 aliphatic heterocycles. The fraction of sp³-hybridized carbons (Fsp3) is 0.556. The molecule has 0 aliphatic rings. The summed E-state index contributed by atoms with van der Waals surface area (Å²) < 4.78 is 0. The van der Waals surface area contributed by atoms with Crippen LogP contribution in [0.25, 0.3) is 10.9 Å². The molecule has 0 radical (unpaired) electrons. The minimum atomic E-state index is 0.409. The number of fused-ring (bicyclic) bond motifs is 1. The highest BCUT2D eigenvalue weighted by Crippen LogP contribution is 2.37. The van der Waals surface area contributed by atoms with Crippen molar-refractivity contribution in [3.05, 3.63) is 36.8 Å². The van der Waals surface area contributed by atoms with E-state index < -0.39 is 0 Å². The molecule has 0 saturated carbocycles. The first-order valence-electron chi connectivity index (χ1n) is 12.9. The number of pyridine rings is 1. The Hall–Kier alpha value is -1.99. The number of aromatic amines is 1. The van der Waals surface area contributed by atoms with Gasteiger partial charge >= 0.3 is 0 Å². The summed E-state index contributed by atoms with van der Waals surface area (Å²) in [5.41, 5.74) is 1.98. The number of benzene rings is 1. The quantitative estimate of drug-likeness (QED) is 0.153. The summed E-state index contributed by atoms with van der Waals surface area (Å²) in [5, 5.41) is 12.5. The molecule has 1 atom stereocenters. The van der Waals surface area contributed by atoms with Crippen LogP contribution in [0.15, 0.2) is 46.8 Å². The average molecular weight is 498 g/mol. The third-order valence-corrected chi connectivity index (χ3v) is 7.65. The Morgan fingerprint density at radius 1 is 0.941 bits per heavy atom. The molecule has 0 bridgehead atoms. The molecule has 1 aromatic carbocycles. The van der Waals surface area contributed by atoms with Crippen molar-refractivity contribution in [2.24, 2.45) is 5.92 Å². The van der Waals surface area contributed by atoms with E-state index in [1.165, 1.54) is 76.0 Å². The molecular weight excluding hydrogens is 458 g/mol. The Bertz CT molecular complexity index is 990. The van der Waals surface area contributed by atoms with Gasteiger partial charge in [-0.1, -0.05) is 90.3 Å². The molecule has 3 aromatic rings. The number of hydrogen-bond acceptors (Lipinski definition) is 5. The molecular formula is C27H39N5S2. The molecule has 2 N–H and O–H groups in total. The van der Waals surface area contributed by atoms with Crippen LogP contribution < -0.4 is 5.32 Å². The number of H-pyrrole nitrogens is 1. The lowest BCUT2D eigenvalue weighted by molar-refractivity contribution is 0.491. The first-order valence-corrected chi connectivity index (χ1v) is 14.2. The van der Waals surface area contributed by atoms with Crippen LogP contribution >= 0.6 is 24.0 Å². The number of nitrogens with one attached hydrogen (secondary N) is 2. The van der Waals surface area contributed by atoms with Crippen LogP contribution in [-0.2, 0) is 0 Å². The number of aromatic nitrogens is 4. The van der Waals surface area contributed by atoms with E-state index in [1.54, 1.807) is 6.33 Å². The highest BCUT2D eigenvalue weighted by atomic mass is 32.2. The van der Waals surface area contributed by atoms with Crippen molar-refractivity contribution in [2.75, 3.05) is 5.32 Å². The molecule has 2 aromatic heterocycles. The number of anilines is 1. The monoisotopic (exact) mass is 497 g/mol. The van der Waals surface area contributed by atoms with Crippen molar-refractivity contribution >= 4 is 45.6 Å². The third kappa shape index (κ3) is 8.35. The third-order valence-electron chi connectivity index (χ3n) is 6.27. The first-order chi connectivity index (χ1) is 16.7. The molecule has 34 heavy (non-hydrogen) atoms. The van der Waals surface area contributed by atoms with Gasteiger partial charge in [0, 0.05) is 22.4 Å². The average Bonchev–Trinajstić information content (AvgIpc) is 3.37. The molecule has 7 heteroatoms. The Morgan fingerprint density at radius 2 is 1.65 bits per heavy atom. The van der Waals surface area contributed by atoms with Crippen molar-refractivity contribution in [3.8, 4) is 0 Å². The lowest BCUT2D eigenvalue weighted by atomic mass is 9.94. The standard InChI is InChI=1S/C27H39N5S2/c1-3-5-7-9-10-12-15-21(14-11-8-6-4-2)26(33)31-25-22-16-13-19-28-23(22)17-18-24(25)34-27-29-20-30-32-27/h13,16-21H,3-12,14-15H2,1-2H3,(H,31,33)(H,29,30,32). The molecule has 0 aliphatic carbocycles. The molecule has 2 heterocycles. The second kappa shape index (κ2) is 15.1. The predicted octanol–water partition coefficient (Wildman–Crippen LogP) is 8.58. The largest absolute Gasteiger partial charge is 0.348 e. The second-order valence-electron chi connectivity index (χ2n) is 8.98. The molecule has 1 unspecified atom stereocenters. The Kier molecular flexibility index (Phi) is 11.8. The summed E-state index contributed by atoms with van der Waals surface area (Å²) in [7, 11) is 0. The number of hydrogen-bond donors (Lipinski definition) is 2. The smallest absolute Gasteiger partial charge is 0.213 e. The molecule has 3 rings (SSSR count). The predicted molar refractivity (Wildman–Crippen MR) is 149 cm³/mol. The van der Waals surface area contributed by atoms with Crippen LogP contribution in [0, 0.1) is 5.92 Å². The van der Waals surface area contributed by atoms with Gasteiger partial charge < -0.3 is 5.32 Å². The maximum atomic E-state index is 6.05. The van der Waals surface area contributed by atoms with Gasteiger partial charge in [0.15, 0.2) is 0 Å². The Balaban J connectivity index is 1.74. The lowest BCUT2D eigenvalue weighted by Crippen LogP contribution is -2.21. The van der Waals surface area contributed by atoms with E-state index in [-0.39, 0.29) is 0 Å². The number of rotatable bonds is 16. The topological polar surface area (TPSA) is 66.5 Å². The van der Waals surface area contributed by atoms with Crippen molar-refractivity contribution in [1.29, 1.82) is 0 Å². The number of thiocarbonyl (C=S) groups is 1. The van der Waals surface area contributed by atoms with Gasteiger partial charge in [0.25, 0.3) is 0 Å². The summed E-state index contributed by atoms with van der Waals surface area (Å²) in [6, 6.07) is 8.23.